The van der Waals surface area contributed by atoms with Gasteiger partial charge in [-0.3, -0.25) is 9.69 Å². The van der Waals surface area contributed by atoms with E-state index < -0.39 is 122 Å². The molecule has 0 spiro atoms. The first-order valence-corrected chi connectivity index (χ1v) is 18.5. The van der Waals surface area contributed by atoms with Gasteiger partial charge in [0.2, 0.25) is 6.29 Å². The van der Waals surface area contributed by atoms with Crippen LogP contribution in [0.5, 0.6) is 34.5 Å². The van der Waals surface area contributed by atoms with E-state index in [1.165, 1.54) is 49.6 Å². The molecular weight excluding hydrogens is 814 g/mol. The van der Waals surface area contributed by atoms with Crippen molar-refractivity contribution in [1.82, 2.24) is 0 Å². The molecule has 2 fully saturated rings. The lowest BCUT2D eigenvalue weighted by Crippen LogP contribution is -2.62. The minimum atomic E-state index is -1.98. The van der Waals surface area contributed by atoms with Crippen molar-refractivity contribution in [1.29, 1.82) is 0 Å². The van der Waals surface area contributed by atoms with Crippen LogP contribution in [0.1, 0.15) is 16.7 Å². The van der Waals surface area contributed by atoms with Crippen LogP contribution in [0, 0.1) is 0 Å². The second-order valence-electron chi connectivity index (χ2n) is 14.1. The average molecular weight is 858 g/mol. The van der Waals surface area contributed by atoms with E-state index in [1.54, 1.807) is 0 Å². The number of carbonyl (C=O) groups is 3. The minimum Gasteiger partial charge on any atom is -0.504 e. The lowest BCUT2D eigenvalue weighted by atomic mass is 9.98. The van der Waals surface area contributed by atoms with Gasteiger partial charge in [-0.25, -0.2) is 9.59 Å². The van der Waals surface area contributed by atoms with Crippen molar-refractivity contribution in [3.63, 3.8) is 0 Å². The molecule has 0 unspecified atom stereocenters. The van der Waals surface area contributed by atoms with Crippen LogP contribution in [0.2, 0.25) is 0 Å². The SMILES string of the molecule is COc1cc(/C=C/C(=O)N2c3cc(O[C@@H]4O[C@H](CO[C@@H]5O[C@H](CO)[C@@H](O)[C@H](O)[C@H]5OC(=O)/C=C/c5ccc(O)c(O)c5)[C@@H](O)[C@H](O)[C@H]4O)c(O)cc3C[C@H]2C(=O)O)ccc1O. The number of aliphatic hydroxyl groups is 6. The van der Waals surface area contributed by atoms with Gasteiger partial charge >= 0.3 is 11.9 Å². The van der Waals surface area contributed by atoms with E-state index in [9.17, 15) is 70.6 Å². The van der Waals surface area contributed by atoms with Crippen molar-refractivity contribution in [3.05, 3.63) is 77.4 Å². The van der Waals surface area contributed by atoms with Crippen LogP contribution in [0.25, 0.3) is 12.2 Å². The van der Waals surface area contributed by atoms with E-state index in [0.29, 0.717) is 5.56 Å². The molecule has 0 bridgehead atoms. The van der Waals surface area contributed by atoms with E-state index in [-0.39, 0.29) is 34.7 Å². The average Bonchev–Trinajstić information content (AvgIpc) is 3.61. The number of aromatic hydroxyl groups is 4. The Kier molecular flexibility index (Phi) is 13.7. The number of carboxylic acids is 1. The van der Waals surface area contributed by atoms with E-state index in [0.717, 1.165) is 35.3 Å². The van der Waals surface area contributed by atoms with Gasteiger partial charge in [0.15, 0.2) is 46.9 Å². The number of hydrogen-bond donors (Lipinski definition) is 11. The van der Waals surface area contributed by atoms with Gasteiger partial charge in [0.05, 0.1) is 26.0 Å². The number of phenolic OH excluding ortho intramolecular Hbond substituents is 4. The summed E-state index contributed by atoms with van der Waals surface area (Å²) < 4.78 is 33.1. The first-order chi connectivity index (χ1) is 29.0. The highest BCUT2D eigenvalue weighted by molar-refractivity contribution is 6.09. The Balaban J connectivity index is 1.18. The van der Waals surface area contributed by atoms with Gasteiger partial charge in [0.25, 0.3) is 5.91 Å². The number of phenols is 4. The van der Waals surface area contributed by atoms with E-state index in [4.69, 9.17) is 28.4 Å². The number of esters is 1. The molecule has 0 radical (unpaired) electrons. The molecule has 11 N–H and O–H groups in total. The maximum atomic E-state index is 13.5. The summed E-state index contributed by atoms with van der Waals surface area (Å²) in [6.45, 7) is -1.57. The zero-order valence-corrected chi connectivity index (χ0v) is 31.9. The normalized spacial score (nSPS) is 28.8. The molecule has 0 aliphatic carbocycles. The first-order valence-electron chi connectivity index (χ1n) is 18.5. The number of ether oxygens (including phenoxy) is 6. The van der Waals surface area contributed by atoms with E-state index in [1.807, 2.05) is 0 Å². The number of benzene rings is 3. The fourth-order valence-electron chi connectivity index (χ4n) is 6.83. The molecule has 6 rings (SSSR count). The summed E-state index contributed by atoms with van der Waals surface area (Å²) >= 11 is 0. The van der Waals surface area contributed by atoms with Crippen LogP contribution in [0.4, 0.5) is 5.69 Å². The molecule has 3 aromatic carbocycles. The third-order valence-electron chi connectivity index (χ3n) is 10.1. The molecule has 3 aliphatic heterocycles. The van der Waals surface area contributed by atoms with Gasteiger partial charge in [0.1, 0.15) is 48.8 Å². The number of aliphatic carboxylic acids is 1. The Labute approximate surface area is 345 Å². The molecule has 3 aromatic rings. The summed E-state index contributed by atoms with van der Waals surface area (Å²) in [5, 5.41) is 114. The molecule has 328 valence electrons. The van der Waals surface area contributed by atoms with Crippen LogP contribution in [-0.4, -0.2) is 162 Å². The topological polar surface area (TPSA) is 332 Å². The molecular formula is C40H43NO20. The fourth-order valence-corrected chi connectivity index (χ4v) is 6.83. The largest absolute Gasteiger partial charge is 0.504 e. The zero-order valence-electron chi connectivity index (χ0n) is 31.9. The van der Waals surface area contributed by atoms with Gasteiger partial charge in [-0.05, 0) is 59.2 Å². The number of nitrogens with zero attached hydrogens (tertiary/aromatic N) is 1. The molecule has 2 saturated heterocycles. The number of carboxylic acid groups (broad SMARTS) is 1. The predicted molar refractivity (Wildman–Crippen MR) is 204 cm³/mol. The number of carbonyl (C=O) groups excluding carboxylic acids is 2. The zero-order chi connectivity index (χ0) is 44.3. The lowest BCUT2D eigenvalue weighted by molar-refractivity contribution is -0.324. The van der Waals surface area contributed by atoms with Crippen molar-refractivity contribution >= 4 is 35.7 Å². The number of methoxy groups -OCH3 is 1. The smallest absolute Gasteiger partial charge is 0.331 e. The molecule has 21 nitrogen and oxygen atoms in total. The quantitative estimate of drug-likeness (QED) is 0.0549. The van der Waals surface area contributed by atoms with Crippen LogP contribution < -0.4 is 14.4 Å². The molecule has 3 heterocycles. The number of rotatable bonds is 13. The standard InChI is InChI=1S/C40H43NO20/c1-56-26-11-18(3-7-23(26)44)4-8-30(47)41-20-14-27(25(46)13-19(20)12-21(41)38(54)55)58-39-36(53)34(51)33(50)29(60-39)16-57-40-37(35(52)32(49)28(15-42)59-40)61-31(48)9-5-17-2-6-22(43)24(45)10-17/h2-11,13-14,21,28-29,32-37,39-40,42-46,49-53H,12,15-16H2,1H3,(H,54,55)/b8-4+,9-5+/t21-,28+,29+,32+,33+,34-,35-,36+,37+,39+,40+/m0/s1. The lowest BCUT2D eigenvalue weighted by Gasteiger charge is -2.43. The molecule has 0 saturated carbocycles. The Morgan fingerprint density at radius 3 is 2.07 bits per heavy atom. The first kappa shape index (κ1) is 44.5. The summed E-state index contributed by atoms with van der Waals surface area (Å²) in [5.74, 6) is -5.16. The van der Waals surface area contributed by atoms with Crippen LogP contribution in [0.15, 0.2) is 60.7 Å². The number of aliphatic hydroxyl groups excluding tert-OH is 6. The molecule has 3 aliphatic rings. The Bertz CT molecular complexity index is 2160. The Hall–Kier alpha value is -6.01. The van der Waals surface area contributed by atoms with Gasteiger partial charge < -0.3 is 84.6 Å². The molecule has 1 amide bonds. The fraction of sp³-hybridized carbons (Fsp3) is 0.375. The highest BCUT2D eigenvalue weighted by atomic mass is 16.7. The van der Waals surface area contributed by atoms with Crippen LogP contribution in [0.3, 0.4) is 0 Å². The van der Waals surface area contributed by atoms with Gasteiger partial charge in [0, 0.05) is 24.6 Å². The Morgan fingerprint density at radius 2 is 1.39 bits per heavy atom. The van der Waals surface area contributed by atoms with Crippen molar-refractivity contribution in [2.24, 2.45) is 0 Å². The highest BCUT2D eigenvalue weighted by Gasteiger charge is 2.50. The molecule has 0 aromatic heterocycles. The second kappa shape index (κ2) is 18.7. The number of fused-ring (bicyclic) bond motifs is 1. The van der Waals surface area contributed by atoms with E-state index in [2.05, 4.69) is 0 Å². The highest BCUT2D eigenvalue weighted by Crippen LogP contribution is 2.42. The van der Waals surface area contributed by atoms with Gasteiger partial charge in [-0.15, -0.1) is 0 Å². The van der Waals surface area contributed by atoms with E-state index >= 15 is 0 Å². The summed E-state index contributed by atoms with van der Waals surface area (Å²) in [6.07, 6.45) is -13.6. The third kappa shape index (κ3) is 9.65. The number of anilines is 1. The number of amides is 1. The van der Waals surface area contributed by atoms with Crippen molar-refractivity contribution in [3.8, 4) is 34.5 Å². The molecule has 21 heteroatoms. The van der Waals surface area contributed by atoms with Crippen LogP contribution in [-0.2, 0) is 39.8 Å². The third-order valence-corrected chi connectivity index (χ3v) is 10.1. The molecule has 61 heavy (non-hydrogen) atoms. The summed E-state index contributed by atoms with van der Waals surface area (Å²) in [4.78, 5) is 39.5. The maximum absolute atomic E-state index is 13.5. The summed E-state index contributed by atoms with van der Waals surface area (Å²) in [7, 11) is 1.34. The van der Waals surface area contributed by atoms with Gasteiger partial charge in [-0.1, -0.05) is 12.1 Å². The monoisotopic (exact) mass is 857 g/mol. The minimum absolute atomic E-state index is 0.00850. The summed E-state index contributed by atoms with van der Waals surface area (Å²) in [5.41, 5.74) is 0.950. The predicted octanol–water partition coefficient (Wildman–Crippen LogP) is -1.16. The van der Waals surface area contributed by atoms with Crippen molar-refractivity contribution in [2.75, 3.05) is 25.2 Å². The molecule has 11 atom stereocenters. The van der Waals surface area contributed by atoms with Crippen molar-refractivity contribution < 1.29 is 99.0 Å². The maximum Gasteiger partial charge on any atom is 0.331 e. The van der Waals surface area contributed by atoms with Gasteiger partial charge in [-0.2, -0.15) is 0 Å². The number of hydrogen-bond acceptors (Lipinski definition) is 19. The van der Waals surface area contributed by atoms with Crippen molar-refractivity contribution in [2.45, 2.75) is 73.9 Å². The van der Waals surface area contributed by atoms with Crippen LogP contribution >= 0.6 is 0 Å². The second-order valence-corrected chi connectivity index (χ2v) is 14.1. The summed E-state index contributed by atoms with van der Waals surface area (Å²) in [6, 6.07) is 8.80. The Morgan fingerprint density at radius 1 is 0.738 bits per heavy atom.